The number of para-hydroxylation sites is 1. The van der Waals surface area contributed by atoms with E-state index in [0.717, 1.165) is 6.42 Å². The van der Waals surface area contributed by atoms with E-state index in [9.17, 15) is 14.0 Å². The number of anilines is 1. The summed E-state index contributed by atoms with van der Waals surface area (Å²) in [7, 11) is 0. The Morgan fingerprint density at radius 2 is 2.20 bits per heavy atom. The lowest BCUT2D eigenvalue weighted by molar-refractivity contribution is -0.129. The molecule has 1 aromatic carbocycles. The fourth-order valence-electron chi connectivity index (χ4n) is 2.35. The average Bonchev–Trinajstić information content (AvgIpc) is 2.82. The summed E-state index contributed by atoms with van der Waals surface area (Å²) in [6, 6.07) is 6.16. The van der Waals surface area contributed by atoms with Crippen LogP contribution >= 0.6 is 0 Å². The number of amides is 2. The van der Waals surface area contributed by atoms with E-state index in [1.165, 1.54) is 12.1 Å². The van der Waals surface area contributed by atoms with E-state index in [0.29, 0.717) is 6.54 Å². The van der Waals surface area contributed by atoms with E-state index >= 15 is 0 Å². The average molecular weight is 278 g/mol. The molecule has 0 saturated carbocycles. The molecule has 1 aromatic rings. The standard InChI is InChI=1S/C15H19FN2O2/c1-3-10(2)18-9-11(8-14(18)19)15(20)17-13-7-5-4-6-12(13)16/h4-7,10-11H,3,8-9H2,1-2H3,(H,17,20). The fraction of sp³-hybridized carbons (Fsp3) is 0.467. The first-order chi connectivity index (χ1) is 9.52. The molecule has 1 saturated heterocycles. The molecule has 2 atom stereocenters. The van der Waals surface area contributed by atoms with Crippen LogP contribution in [0.25, 0.3) is 0 Å². The molecule has 0 spiro atoms. The highest BCUT2D eigenvalue weighted by Crippen LogP contribution is 2.23. The zero-order chi connectivity index (χ0) is 14.7. The van der Waals surface area contributed by atoms with Gasteiger partial charge in [-0.25, -0.2) is 4.39 Å². The molecule has 0 aliphatic carbocycles. The van der Waals surface area contributed by atoms with Crippen molar-refractivity contribution in [3.63, 3.8) is 0 Å². The van der Waals surface area contributed by atoms with Crippen LogP contribution in [0.3, 0.4) is 0 Å². The van der Waals surface area contributed by atoms with Crippen LogP contribution in [0.5, 0.6) is 0 Å². The molecule has 0 aromatic heterocycles. The molecular weight excluding hydrogens is 259 g/mol. The smallest absolute Gasteiger partial charge is 0.229 e. The van der Waals surface area contributed by atoms with E-state index in [4.69, 9.17) is 0 Å². The summed E-state index contributed by atoms with van der Waals surface area (Å²) in [6.07, 6.45) is 1.05. The van der Waals surface area contributed by atoms with Crippen molar-refractivity contribution in [3.8, 4) is 0 Å². The molecular formula is C15H19FN2O2. The molecule has 1 fully saturated rings. The molecule has 0 radical (unpaired) electrons. The number of halogens is 1. The minimum Gasteiger partial charge on any atom is -0.339 e. The van der Waals surface area contributed by atoms with Crippen molar-refractivity contribution < 1.29 is 14.0 Å². The zero-order valence-corrected chi connectivity index (χ0v) is 11.7. The van der Waals surface area contributed by atoms with Crippen molar-refractivity contribution >= 4 is 17.5 Å². The van der Waals surface area contributed by atoms with Gasteiger partial charge in [-0.3, -0.25) is 9.59 Å². The van der Waals surface area contributed by atoms with Gasteiger partial charge in [0.15, 0.2) is 0 Å². The van der Waals surface area contributed by atoms with Gasteiger partial charge in [0.25, 0.3) is 0 Å². The van der Waals surface area contributed by atoms with Gasteiger partial charge in [-0.2, -0.15) is 0 Å². The van der Waals surface area contributed by atoms with Gasteiger partial charge in [-0.15, -0.1) is 0 Å². The lowest BCUT2D eigenvalue weighted by atomic mass is 10.1. The Hall–Kier alpha value is -1.91. The first kappa shape index (κ1) is 14.5. The molecule has 1 N–H and O–H groups in total. The quantitative estimate of drug-likeness (QED) is 0.919. The van der Waals surface area contributed by atoms with Crippen molar-refractivity contribution in [1.82, 2.24) is 4.90 Å². The normalized spacial score (nSPS) is 20.1. The summed E-state index contributed by atoms with van der Waals surface area (Å²) in [6.45, 7) is 4.38. The minimum atomic E-state index is -0.469. The molecule has 4 nitrogen and oxygen atoms in total. The number of hydrogen-bond acceptors (Lipinski definition) is 2. The third-order valence-electron chi connectivity index (χ3n) is 3.78. The number of carbonyl (C=O) groups excluding carboxylic acids is 2. The van der Waals surface area contributed by atoms with Crippen LogP contribution in [0.4, 0.5) is 10.1 Å². The Balaban J connectivity index is 2.01. The number of likely N-dealkylation sites (tertiary alicyclic amines) is 1. The van der Waals surface area contributed by atoms with Crippen molar-refractivity contribution in [2.75, 3.05) is 11.9 Å². The molecule has 20 heavy (non-hydrogen) atoms. The fourth-order valence-corrected chi connectivity index (χ4v) is 2.35. The number of carbonyl (C=O) groups is 2. The molecule has 5 heteroatoms. The highest BCUT2D eigenvalue weighted by molar-refractivity contribution is 5.97. The van der Waals surface area contributed by atoms with Gasteiger partial charge in [0.1, 0.15) is 5.82 Å². The number of nitrogens with zero attached hydrogens (tertiary/aromatic N) is 1. The summed E-state index contributed by atoms with van der Waals surface area (Å²) >= 11 is 0. The van der Waals surface area contributed by atoms with Gasteiger partial charge < -0.3 is 10.2 Å². The molecule has 0 bridgehead atoms. The number of nitrogens with one attached hydrogen (secondary N) is 1. The van der Waals surface area contributed by atoms with Crippen molar-refractivity contribution in [3.05, 3.63) is 30.1 Å². The van der Waals surface area contributed by atoms with Crippen LogP contribution in [-0.2, 0) is 9.59 Å². The second-order valence-corrected chi connectivity index (χ2v) is 5.17. The highest BCUT2D eigenvalue weighted by Gasteiger charge is 2.36. The summed E-state index contributed by atoms with van der Waals surface area (Å²) in [5, 5.41) is 2.56. The molecule has 1 aliphatic rings. The number of hydrogen-bond donors (Lipinski definition) is 1. The van der Waals surface area contributed by atoms with E-state index in [-0.39, 0.29) is 30.0 Å². The van der Waals surface area contributed by atoms with Crippen molar-refractivity contribution in [2.24, 2.45) is 5.92 Å². The first-order valence-corrected chi connectivity index (χ1v) is 6.87. The van der Waals surface area contributed by atoms with Crippen LogP contribution in [0.1, 0.15) is 26.7 Å². The van der Waals surface area contributed by atoms with Crippen molar-refractivity contribution in [2.45, 2.75) is 32.7 Å². The second kappa shape index (κ2) is 6.03. The third-order valence-corrected chi connectivity index (χ3v) is 3.78. The Morgan fingerprint density at radius 1 is 1.50 bits per heavy atom. The molecule has 108 valence electrons. The van der Waals surface area contributed by atoms with Crippen LogP contribution in [-0.4, -0.2) is 29.3 Å². The second-order valence-electron chi connectivity index (χ2n) is 5.17. The van der Waals surface area contributed by atoms with Crippen LogP contribution in [0.15, 0.2) is 24.3 Å². The SMILES string of the molecule is CCC(C)N1CC(C(=O)Nc2ccccc2F)CC1=O. The summed E-state index contributed by atoms with van der Waals surface area (Å²) in [5.74, 6) is -1.18. The van der Waals surface area contributed by atoms with Gasteiger partial charge in [-0.05, 0) is 25.5 Å². The third kappa shape index (κ3) is 2.98. The Bertz CT molecular complexity index is 518. The summed E-state index contributed by atoms with van der Waals surface area (Å²) < 4.78 is 13.5. The maximum Gasteiger partial charge on any atom is 0.229 e. The lowest BCUT2D eigenvalue weighted by Gasteiger charge is -2.23. The van der Waals surface area contributed by atoms with E-state index in [1.54, 1.807) is 17.0 Å². The Kier molecular flexibility index (Phi) is 4.37. The van der Waals surface area contributed by atoms with E-state index < -0.39 is 11.7 Å². The topological polar surface area (TPSA) is 49.4 Å². The van der Waals surface area contributed by atoms with Crippen molar-refractivity contribution in [1.29, 1.82) is 0 Å². The van der Waals surface area contributed by atoms with Gasteiger partial charge in [0, 0.05) is 19.0 Å². The molecule has 1 aliphatic heterocycles. The number of benzene rings is 1. The molecule has 2 amide bonds. The van der Waals surface area contributed by atoms with E-state index in [2.05, 4.69) is 5.32 Å². The van der Waals surface area contributed by atoms with Crippen LogP contribution < -0.4 is 5.32 Å². The van der Waals surface area contributed by atoms with Gasteiger partial charge in [0.05, 0.1) is 11.6 Å². The van der Waals surface area contributed by atoms with Crippen LogP contribution in [0.2, 0.25) is 0 Å². The first-order valence-electron chi connectivity index (χ1n) is 6.87. The van der Waals surface area contributed by atoms with E-state index in [1.807, 2.05) is 13.8 Å². The highest BCUT2D eigenvalue weighted by atomic mass is 19.1. The predicted octanol–water partition coefficient (Wildman–Crippen LogP) is 2.41. The van der Waals surface area contributed by atoms with Gasteiger partial charge >= 0.3 is 0 Å². The maximum absolute atomic E-state index is 13.5. The molecule has 1 heterocycles. The summed E-state index contributed by atoms with van der Waals surface area (Å²) in [4.78, 5) is 25.7. The predicted molar refractivity (Wildman–Crippen MR) is 74.6 cm³/mol. The Labute approximate surface area is 118 Å². The monoisotopic (exact) mass is 278 g/mol. The zero-order valence-electron chi connectivity index (χ0n) is 11.7. The summed E-state index contributed by atoms with van der Waals surface area (Å²) in [5.41, 5.74) is 0.159. The lowest BCUT2D eigenvalue weighted by Crippen LogP contribution is -2.35. The Morgan fingerprint density at radius 3 is 2.85 bits per heavy atom. The minimum absolute atomic E-state index is 0.00645. The van der Waals surface area contributed by atoms with Crippen LogP contribution in [0, 0.1) is 11.7 Å². The van der Waals surface area contributed by atoms with Gasteiger partial charge in [0.2, 0.25) is 11.8 Å². The maximum atomic E-state index is 13.5. The molecule has 2 unspecified atom stereocenters. The van der Waals surface area contributed by atoms with Gasteiger partial charge in [-0.1, -0.05) is 19.1 Å². The largest absolute Gasteiger partial charge is 0.339 e. The number of rotatable bonds is 4. The molecule has 2 rings (SSSR count).